The Bertz CT molecular complexity index is 743. The number of ether oxygens (including phenoxy) is 1. The van der Waals surface area contributed by atoms with Crippen molar-refractivity contribution in [3.8, 4) is 5.75 Å². The summed E-state index contributed by atoms with van der Waals surface area (Å²) in [7, 11) is 1.61. The molecule has 2 atom stereocenters. The van der Waals surface area contributed by atoms with Gasteiger partial charge >= 0.3 is 0 Å². The molecule has 1 fully saturated rings. The van der Waals surface area contributed by atoms with Crippen molar-refractivity contribution in [2.45, 2.75) is 12.3 Å². The Hall–Kier alpha value is -2.89. The molecule has 2 aromatic rings. The Kier molecular flexibility index (Phi) is 3.97. The van der Waals surface area contributed by atoms with Crippen LogP contribution in [0.15, 0.2) is 48.5 Å². The molecule has 6 heteroatoms. The van der Waals surface area contributed by atoms with Crippen LogP contribution in [0.5, 0.6) is 5.75 Å². The monoisotopic (exact) mass is 312 g/mol. The SMILES string of the molecule is COc1ccc(C2CC2C(=O)Nc2cccc([N+](=O)[O-])c2)cc1. The maximum atomic E-state index is 12.3. The van der Waals surface area contributed by atoms with Crippen LogP contribution in [0.4, 0.5) is 11.4 Å². The van der Waals surface area contributed by atoms with Crippen molar-refractivity contribution < 1.29 is 14.5 Å². The highest BCUT2D eigenvalue weighted by Crippen LogP contribution is 2.48. The van der Waals surface area contributed by atoms with Gasteiger partial charge in [-0.1, -0.05) is 18.2 Å². The molecule has 3 rings (SSSR count). The van der Waals surface area contributed by atoms with Gasteiger partial charge in [0.15, 0.2) is 0 Å². The van der Waals surface area contributed by atoms with Crippen molar-refractivity contribution in [1.82, 2.24) is 0 Å². The van der Waals surface area contributed by atoms with Gasteiger partial charge in [-0.05, 0) is 36.1 Å². The fraction of sp³-hybridized carbons (Fsp3) is 0.235. The zero-order chi connectivity index (χ0) is 16.4. The molecule has 2 aromatic carbocycles. The second-order valence-electron chi connectivity index (χ2n) is 5.52. The highest BCUT2D eigenvalue weighted by molar-refractivity contribution is 5.95. The summed E-state index contributed by atoms with van der Waals surface area (Å²) in [5.74, 6) is 0.778. The summed E-state index contributed by atoms with van der Waals surface area (Å²) in [4.78, 5) is 22.5. The second kappa shape index (κ2) is 6.08. The molecule has 2 unspecified atom stereocenters. The molecule has 1 aliphatic rings. The normalized spacial score (nSPS) is 19.0. The molecule has 0 saturated heterocycles. The van der Waals surface area contributed by atoms with E-state index in [4.69, 9.17) is 4.74 Å². The summed E-state index contributed by atoms with van der Waals surface area (Å²) in [6, 6.07) is 13.6. The van der Waals surface area contributed by atoms with Gasteiger partial charge in [0, 0.05) is 23.7 Å². The number of nitro groups is 1. The molecule has 6 nitrogen and oxygen atoms in total. The summed E-state index contributed by atoms with van der Waals surface area (Å²) in [6.45, 7) is 0. The van der Waals surface area contributed by atoms with E-state index in [1.807, 2.05) is 24.3 Å². The van der Waals surface area contributed by atoms with Crippen LogP contribution in [0.2, 0.25) is 0 Å². The van der Waals surface area contributed by atoms with Crippen molar-refractivity contribution in [3.63, 3.8) is 0 Å². The van der Waals surface area contributed by atoms with Gasteiger partial charge in [-0.2, -0.15) is 0 Å². The lowest BCUT2D eigenvalue weighted by Crippen LogP contribution is -2.14. The molecule has 1 aliphatic carbocycles. The van der Waals surface area contributed by atoms with Crippen molar-refractivity contribution in [2.75, 3.05) is 12.4 Å². The van der Waals surface area contributed by atoms with E-state index in [1.165, 1.54) is 12.1 Å². The largest absolute Gasteiger partial charge is 0.497 e. The van der Waals surface area contributed by atoms with E-state index < -0.39 is 4.92 Å². The average molecular weight is 312 g/mol. The van der Waals surface area contributed by atoms with Gasteiger partial charge in [-0.25, -0.2) is 0 Å². The standard InChI is InChI=1S/C17H16N2O4/c1-23-14-7-5-11(6-8-14)15-10-16(15)17(20)18-12-3-2-4-13(9-12)19(21)22/h2-9,15-16H,10H2,1H3,(H,18,20). The lowest BCUT2D eigenvalue weighted by Gasteiger charge is -2.05. The number of carbonyl (C=O) groups excluding carboxylic acids is 1. The molecule has 0 radical (unpaired) electrons. The third-order valence-electron chi connectivity index (χ3n) is 4.00. The number of amides is 1. The summed E-state index contributed by atoms with van der Waals surface area (Å²) >= 11 is 0. The minimum atomic E-state index is -0.479. The van der Waals surface area contributed by atoms with Crippen LogP contribution in [0.3, 0.4) is 0 Å². The van der Waals surface area contributed by atoms with E-state index in [9.17, 15) is 14.9 Å². The molecule has 0 aliphatic heterocycles. The van der Waals surface area contributed by atoms with Crippen molar-refractivity contribution in [2.24, 2.45) is 5.92 Å². The molecule has 1 saturated carbocycles. The van der Waals surface area contributed by atoms with E-state index in [0.717, 1.165) is 17.7 Å². The summed E-state index contributed by atoms with van der Waals surface area (Å²) in [5, 5.41) is 13.5. The molecular weight excluding hydrogens is 296 g/mol. The molecule has 0 heterocycles. The fourth-order valence-electron chi connectivity index (χ4n) is 2.64. The van der Waals surface area contributed by atoms with Crippen LogP contribution in [0.25, 0.3) is 0 Å². The van der Waals surface area contributed by atoms with Gasteiger partial charge < -0.3 is 10.1 Å². The molecule has 23 heavy (non-hydrogen) atoms. The highest BCUT2D eigenvalue weighted by atomic mass is 16.6. The van der Waals surface area contributed by atoms with Crippen LogP contribution in [-0.4, -0.2) is 17.9 Å². The lowest BCUT2D eigenvalue weighted by atomic mass is 10.1. The Morgan fingerprint density at radius 3 is 2.65 bits per heavy atom. The number of nitrogens with one attached hydrogen (secondary N) is 1. The van der Waals surface area contributed by atoms with E-state index in [1.54, 1.807) is 19.2 Å². The van der Waals surface area contributed by atoms with Gasteiger partial charge in [0.05, 0.1) is 12.0 Å². The van der Waals surface area contributed by atoms with Crippen LogP contribution >= 0.6 is 0 Å². The van der Waals surface area contributed by atoms with Crippen molar-refractivity contribution >= 4 is 17.3 Å². The number of hydrogen-bond donors (Lipinski definition) is 1. The number of non-ortho nitro benzene ring substituents is 1. The van der Waals surface area contributed by atoms with E-state index >= 15 is 0 Å². The maximum absolute atomic E-state index is 12.3. The number of methoxy groups -OCH3 is 1. The Labute approximate surface area is 133 Å². The van der Waals surface area contributed by atoms with E-state index in [0.29, 0.717) is 5.69 Å². The van der Waals surface area contributed by atoms with Crippen LogP contribution in [-0.2, 0) is 4.79 Å². The lowest BCUT2D eigenvalue weighted by molar-refractivity contribution is -0.384. The smallest absolute Gasteiger partial charge is 0.271 e. The summed E-state index contributed by atoms with van der Waals surface area (Å²) in [6.07, 6.45) is 0.785. The predicted molar refractivity (Wildman–Crippen MR) is 85.6 cm³/mol. The first-order valence-electron chi connectivity index (χ1n) is 7.28. The number of nitrogens with zero attached hydrogens (tertiary/aromatic N) is 1. The molecule has 1 amide bonds. The van der Waals surface area contributed by atoms with Gasteiger partial charge in [-0.15, -0.1) is 0 Å². The Balaban J connectivity index is 1.64. The third kappa shape index (κ3) is 3.31. The first-order chi connectivity index (χ1) is 11.1. The molecule has 0 aromatic heterocycles. The van der Waals surface area contributed by atoms with Gasteiger partial charge in [0.2, 0.25) is 5.91 Å². The average Bonchev–Trinajstić information content (AvgIpc) is 3.36. The van der Waals surface area contributed by atoms with Crippen molar-refractivity contribution in [3.05, 3.63) is 64.2 Å². The number of nitro benzene ring substituents is 1. The van der Waals surface area contributed by atoms with Crippen LogP contribution in [0, 0.1) is 16.0 Å². The minimum Gasteiger partial charge on any atom is -0.497 e. The highest BCUT2D eigenvalue weighted by Gasteiger charge is 2.43. The van der Waals surface area contributed by atoms with Crippen molar-refractivity contribution in [1.29, 1.82) is 0 Å². The first kappa shape index (κ1) is 15.0. The molecule has 1 N–H and O–H groups in total. The van der Waals surface area contributed by atoms with Gasteiger partial charge in [0.1, 0.15) is 5.75 Å². The van der Waals surface area contributed by atoms with Gasteiger partial charge in [0.25, 0.3) is 5.69 Å². The molecular formula is C17H16N2O4. The fourth-order valence-corrected chi connectivity index (χ4v) is 2.64. The molecule has 0 bridgehead atoms. The third-order valence-corrected chi connectivity index (χ3v) is 4.00. The van der Waals surface area contributed by atoms with E-state index in [2.05, 4.69) is 5.32 Å². The predicted octanol–water partition coefficient (Wildman–Crippen LogP) is 3.35. The van der Waals surface area contributed by atoms with E-state index in [-0.39, 0.29) is 23.4 Å². The summed E-state index contributed by atoms with van der Waals surface area (Å²) in [5.41, 5.74) is 1.51. The number of rotatable bonds is 5. The quantitative estimate of drug-likeness (QED) is 0.678. The number of benzene rings is 2. The Morgan fingerprint density at radius 1 is 1.26 bits per heavy atom. The number of carbonyl (C=O) groups is 1. The number of hydrogen-bond acceptors (Lipinski definition) is 4. The zero-order valence-electron chi connectivity index (χ0n) is 12.6. The minimum absolute atomic E-state index is 0.0368. The van der Waals surface area contributed by atoms with Crippen LogP contribution < -0.4 is 10.1 Å². The van der Waals surface area contributed by atoms with Gasteiger partial charge in [-0.3, -0.25) is 14.9 Å². The Morgan fingerprint density at radius 2 is 2.00 bits per heavy atom. The van der Waals surface area contributed by atoms with Crippen LogP contribution in [0.1, 0.15) is 17.9 Å². The first-order valence-corrected chi connectivity index (χ1v) is 7.28. The molecule has 118 valence electrons. The zero-order valence-corrected chi connectivity index (χ0v) is 12.6. The second-order valence-corrected chi connectivity index (χ2v) is 5.52. The number of anilines is 1. The molecule has 0 spiro atoms. The maximum Gasteiger partial charge on any atom is 0.271 e. The topological polar surface area (TPSA) is 81.5 Å². The summed E-state index contributed by atoms with van der Waals surface area (Å²) < 4.78 is 5.12.